The summed E-state index contributed by atoms with van der Waals surface area (Å²) in [6, 6.07) is 13.8. The van der Waals surface area contributed by atoms with Gasteiger partial charge in [-0.1, -0.05) is 38.1 Å². The molecule has 0 saturated carbocycles. The summed E-state index contributed by atoms with van der Waals surface area (Å²) < 4.78 is 25.0. The summed E-state index contributed by atoms with van der Waals surface area (Å²) in [4.78, 5) is 0. The largest absolute Gasteiger partial charge is 0.439 e. The van der Waals surface area contributed by atoms with Crippen molar-refractivity contribution in [2.24, 2.45) is 0 Å². The maximum absolute atomic E-state index is 13.6. The summed E-state index contributed by atoms with van der Waals surface area (Å²) in [5.41, 5.74) is 3.10. The lowest BCUT2D eigenvalue weighted by Gasteiger charge is -2.30. The first-order chi connectivity index (χ1) is 12.0. The van der Waals surface area contributed by atoms with Gasteiger partial charge in [0.2, 0.25) is 0 Å². The van der Waals surface area contributed by atoms with E-state index in [-0.39, 0.29) is 12.3 Å². The molecular formula is C20H23O4P. The number of ether oxygens (including phenoxy) is 1. The lowest BCUT2D eigenvalue weighted by Crippen LogP contribution is -2.25. The van der Waals surface area contributed by atoms with Gasteiger partial charge in [0.15, 0.2) is 0 Å². The molecule has 0 radical (unpaired) electrons. The van der Waals surface area contributed by atoms with Gasteiger partial charge in [0.1, 0.15) is 5.75 Å². The minimum absolute atomic E-state index is 0.144. The van der Waals surface area contributed by atoms with Crippen LogP contribution >= 0.6 is 7.37 Å². The molecule has 1 fully saturated rings. The quantitative estimate of drug-likeness (QED) is 0.650. The Morgan fingerprint density at radius 1 is 1.24 bits per heavy atom. The fraction of sp³-hybridized carbons (Fsp3) is 0.400. The topological polar surface area (TPSA) is 59.1 Å². The third-order valence-electron chi connectivity index (χ3n) is 5.18. The van der Waals surface area contributed by atoms with Crippen LogP contribution < -0.4 is 9.83 Å². The van der Waals surface area contributed by atoms with Crippen molar-refractivity contribution in [2.45, 2.75) is 38.4 Å². The van der Waals surface area contributed by atoms with Gasteiger partial charge in [-0.25, -0.2) is 0 Å². The zero-order valence-electron chi connectivity index (χ0n) is 14.5. The molecular weight excluding hydrogens is 335 g/mol. The molecule has 2 aromatic carbocycles. The van der Waals surface area contributed by atoms with Gasteiger partial charge in [-0.15, -0.1) is 0 Å². The number of benzene rings is 2. The molecule has 2 aliphatic heterocycles. The lowest BCUT2D eigenvalue weighted by atomic mass is 9.94. The minimum Gasteiger partial charge on any atom is -0.439 e. The van der Waals surface area contributed by atoms with E-state index in [9.17, 15) is 9.67 Å². The molecule has 0 amide bonds. The first-order valence-corrected chi connectivity index (χ1v) is 10.6. The van der Waals surface area contributed by atoms with Crippen LogP contribution in [0.15, 0.2) is 42.5 Å². The van der Waals surface area contributed by atoms with E-state index in [2.05, 4.69) is 13.0 Å². The third-order valence-corrected chi connectivity index (χ3v) is 7.69. The predicted molar refractivity (Wildman–Crippen MR) is 99.1 cm³/mol. The van der Waals surface area contributed by atoms with Crippen LogP contribution in [0.1, 0.15) is 31.7 Å². The summed E-state index contributed by atoms with van der Waals surface area (Å²) in [7, 11) is -3.15. The van der Waals surface area contributed by atoms with E-state index in [1.54, 1.807) is 0 Å². The normalized spacial score (nSPS) is 26.1. The Kier molecular flexibility index (Phi) is 4.23. The minimum atomic E-state index is -3.15. The monoisotopic (exact) mass is 358 g/mol. The number of hydrogen-bond donors (Lipinski definition) is 1. The molecule has 2 aromatic rings. The highest BCUT2D eigenvalue weighted by atomic mass is 31.2. The Morgan fingerprint density at radius 2 is 2.00 bits per heavy atom. The van der Waals surface area contributed by atoms with Crippen molar-refractivity contribution in [1.29, 1.82) is 0 Å². The second-order valence-electron chi connectivity index (χ2n) is 6.94. The van der Waals surface area contributed by atoms with Gasteiger partial charge in [0.05, 0.1) is 30.3 Å². The van der Waals surface area contributed by atoms with E-state index in [0.717, 1.165) is 17.7 Å². The van der Waals surface area contributed by atoms with Gasteiger partial charge in [0.25, 0.3) is 7.37 Å². The van der Waals surface area contributed by atoms with Crippen molar-refractivity contribution in [1.82, 2.24) is 0 Å². The van der Waals surface area contributed by atoms with Gasteiger partial charge in [0, 0.05) is 11.5 Å². The molecule has 4 nitrogen and oxygen atoms in total. The van der Waals surface area contributed by atoms with Gasteiger partial charge >= 0.3 is 0 Å². The van der Waals surface area contributed by atoms with Gasteiger partial charge in [-0.2, -0.15) is 0 Å². The number of para-hydroxylation sites is 1. The Morgan fingerprint density at radius 3 is 2.72 bits per heavy atom. The van der Waals surface area contributed by atoms with Crippen molar-refractivity contribution >= 4 is 12.7 Å². The molecule has 2 heterocycles. The van der Waals surface area contributed by atoms with Crippen molar-refractivity contribution in [3.8, 4) is 16.9 Å². The summed E-state index contributed by atoms with van der Waals surface area (Å²) in [6.45, 7) is 4.85. The molecule has 0 aromatic heterocycles. The molecule has 0 aliphatic carbocycles. The SMILES string of the molecule is CCC(O)CP1(=O)Oc2ccccc2-c2cc(C(C)C3CO3)ccc21. The molecule has 132 valence electrons. The van der Waals surface area contributed by atoms with Crippen LogP contribution in [0.3, 0.4) is 0 Å². The Labute approximate surface area is 148 Å². The van der Waals surface area contributed by atoms with E-state index < -0.39 is 13.5 Å². The number of fused-ring (bicyclic) bond motifs is 3. The van der Waals surface area contributed by atoms with Crippen molar-refractivity contribution in [2.75, 3.05) is 12.8 Å². The molecule has 0 spiro atoms. The first kappa shape index (κ1) is 16.8. The smallest absolute Gasteiger partial charge is 0.280 e. The number of aliphatic hydroxyl groups is 1. The first-order valence-electron chi connectivity index (χ1n) is 8.84. The molecule has 1 N–H and O–H groups in total. The summed E-state index contributed by atoms with van der Waals surface area (Å²) in [5.74, 6) is 0.940. The molecule has 25 heavy (non-hydrogen) atoms. The van der Waals surface area contributed by atoms with Gasteiger partial charge in [-0.3, -0.25) is 4.57 Å². The molecule has 0 bridgehead atoms. The van der Waals surface area contributed by atoms with Crippen molar-refractivity contribution in [3.05, 3.63) is 48.0 Å². The Balaban J connectivity index is 1.83. The van der Waals surface area contributed by atoms with E-state index >= 15 is 0 Å². The fourth-order valence-corrected chi connectivity index (χ4v) is 5.94. The number of rotatable bonds is 5. The zero-order valence-corrected chi connectivity index (χ0v) is 15.4. The Hall–Kier alpha value is -1.61. The second-order valence-corrected chi connectivity index (χ2v) is 9.32. The maximum Gasteiger partial charge on any atom is 0.280 e. The van der Waals surface area contributed by atoms with Crippen molar-refractivity contribution in [3.63, 3.8) is 0 Å². The summed E-state index contributed by atoms with van der Waals surface area (Å²) in [6.07, 6.45) is 0.341. The Bertz CT molecular complexity index is 843. The van der Waals surface area contributed by atoms with Crippen LogP contribution in [0.25, 0.3) is 11.1 Å². The van der Waals surface area contributed by atoms with Crippen LogP contribution in [0.2, 0.25) is 0 Å². The zero-order chi connectivity index (χ0) is 17.6. The highest BCUT2D eigenvalue weighted by Gasteiger charge is 2.38. The van der Waals surface area contributed by atoms with Crippen LogP contribution in [0.5, 0.6) is 5.75 Å². The third kappa shape index (κ3) is 3.03. The molecule has 4 unspecified atom stereocenters. The highest BCUT2D eigenvalue weighted by molar-refractivity contribution is 7.67. The second kappa shape index (κ2) is 6.28. The van der Waals surface area contributed by atoms with E-state index in [1.165, 1.54) is 5.56 Å². The van der Waals surface area contributed by atoms with Crippen molar-refractivity contribution < 1.29 is 18.9 Å². The van der Waals surface area contributed by atoms with Crippen LogP contribution in [0, 0.1) is 0 Å². The van der Waals surface area contributed by atoms with Gasteiger partial charge < -0.3 is 14.4 Å². The highest BCUT2D eigenvalue weighted by Crippen LogP contribution is 2.55. The number of hydrogen-bond acceptors (Lipinski definition) is 4. The molecule has 2 aliphatic rings. The standard InChI is InChI=1S/C20H23O4P/c1-3-15(21)12-25(22)20-9-8-14(13(2)19-11-23-19)10-17(20)16-6-4-5-7-18(16)24-25/h4-10,13,15,19,21H,3,11-12H2,1-2H3. The lowest BCUT2D eigenvalue weighted by molar-refractivity contribution is 0.191. The van der Waals surface area contributed by atoms with E-state index in [1.807, 2.05) is 43.3 Å². The van der Waals surface area contributed by atoms with Gasteiger partial charge in [-0.05, 0) is 35.7 Å². The van der Waals surface area contributed by atoms with E-state index in [0.29, 0.717) is 23.4 Å². The predicted octanol–water partition coefficient (Wildman–Crippen LogP) is 3.92. The van der Waals surface area contributed by atoms with E-state index in [4.69, 9.17) is 9.26 Å². The molecule has 4 rings (SSSR count). The van der Waals surface area contributed by atoms with Crippen LogP contribution in [-0.4, -0.2) is 30.1 Å². The summed E-state index contributed by atoms with van der Waals surface area (Å²) >= 11 is 0. The molecule has 5 heteroatoms. The molecule has 1 saturated heterocycles. The average molecular weight is 358 g/mol. The van der Waals surface area contributed by atoms with Crippen LogP contribution in [-0.2, 0) is 9.30 Å². The number of epoxide rings is 1. The maximum atomic E-state index is 13.6. The fourth-order valence-electron chi connectivity index (χ4n) is 3.43. The van der Waals surface area contributed by atoms with Crippen LogP contribution in [0.4, 0.5) is 0 Å². The summed E-state index contributed by atoms with van der Waals surface area (Å²) in [5, 5.41) is 10.8. The molecule has 4 atom stereocenters. The number of aliphatic hydroxyl groups excluding tert-OH is 1. The average Bonchev–Trinajstić information content (AvgIpc) is 3.45.